The predicted octanol–water partition coefficient (Wildman–Crippen LogP) is 4.57. The lowest BCUT2D eigenvalue weighted by Gasteiger charge is -2.10. The number of H-pyrrole nitrogens is 1. The molecule has 0 fully saturated rings. The van der Waals surface area contributed by atoms with Crippen molar-refractivity contribution in [3.63, 3.8) is 0 Å². The van der Waals surface area contributed by atoms with E-state index in [0.717, 1.165) is 22.3 Å². The summed E-state index contributed by atoms with van der Waals surface area (Å²) in [7, 11) is 0. The van der Waals surface area contributed by atoms with E-state index in [1.807, 2.05) is 44.3 Å². The molecule has 30 heavy (non-hydrogen) atoms. The van der Waals surface area contributed by atoms with E-state index < -0.39 is 4.92 Å². The molecule has 150 valence electrons. The number of imidazole rings is 1. The van der Waals surface area contributed by atoms with Crippen molar-refractivity contribution in [2.45, 2.75) is 20.4 Å². The molecule has 2 heterocycles. The smallest absolute Gasteiger partial charge is 0.297 e. The summed E-state index contributed by atoms with van der Waals surface area (Å²) in [4.78, 5) is 18.6. The van der Waals surface area contributed by atoms with Gasteiger partial charge in [-0.1, -0.05) is 30.3 Å². The highest BCUT2D eigenvalue weighted by molar-refractivity contribution is 5.86. The quantitative estimate of drug-likeness (QED) is 0.376. The van der Waals surface area contributed by atoms with E-state index in [1.54, 1.807) is 16.7 Å². The van der Waals surface area contributed by atoms with E-state index in [4.69, 9.17) is 4.74 Å². The summed E-state index contributed by atoms with van der Waals surface area (Å²) >= 11 is 0. The van der Waals surface area contributed by atoms with Crippen LogP contribution in [0.3, 0.4) is 0 Å². The maximum atomic E-state index is 11.5. The number of nitrogens with zero attached hydrogens (tertiary/aromatic N) is 4. The first-order chi connectivity index (χ1) is 14.5. The number of nitrogens with one attached hydrogen (secondary N) is 1. The largest absolute Gasteiger partial charge is 0.465 e. The lowest BCUT2D eigenvalue weighted by molar-refractivity contribution is -0.383. The molecular weight excluding hydrogens is 382 g/mol. The molecule has 0 saturated heterocycles. The normalized spacial score (nSPS) is 10.8. The highest BCUT2D eigenvalue weighted by Crippen LogP contribution is 2.31. The molecular formula is C22H19N5O3. The van der Waals surface area contributed by atoms with Gasteiger partial charge in [0, 0.05) is 17.8 Å². The zero-order chi connectivity index (χ0) is 21.3. The molecule has 0 saturated carbocycles. The molecule has 0 aliphatic rings. The molecule has 0 radical (unpaired) electrons. The van der Waals surface area contributed by atoms with Crippen molar-refractivity contribution in [1.29, 1.82) is 5.26 Å². The van der Waals surface area contributed by atoms with Crippen LogP contribution in [-0.4, -0.2) is 26.1 Å². The Labute approximate surface area is 172 Å². The van der Waals surface area contributed by atoms with Crippen LogP contribution in [0.15, 0.2) is 48.7 Å². The number of fused-ring (bicyclic) bond motifs is 1. The zero-order valence-corrected chi connectivity index (χ0v) is 16.5. The number of ether oxygens (including phenoxy) is 1. The molecule has 0 amide bonds. The van der Waals surface area contributed by atoms with Crippen LogP contribution in [0.1, 0.15) is 23.7 Å². The van der Waals surface area contributed by atoms with E-state index in [2.05, 4.69) is 16.0 Å². The highest BCUT2D eigenvalue weighted by Gasteiger charge is 2.21. The van der Waals surface area contributed by atoms with E-state index in [1.165, 1.54) is 6.07 Å². The summed E-state index contributed by atoms with van der Waals surface area (Å²) in [5.41, 5.74) is 5.20. The van der Waals surface area contributed by atoms with Gasteiger partial charge in [-0.15, -0.1) is 0 Å². The number of nitro benzene ring substituents is 1. The first-order valence-corrected chi connectivity index (χ1v) is 9.47. The summed E-state index contributed by atoms with van der Waals surface area (Å²) in [5, 5.41) is 20.9. The number of aromatic amines is 1. The van der Waals surface area contributed by atoms with E-state index >= 15 is 0 Å². The van der Waals surface area contributed by atoms with Crippen LogP contribution in [0, 0.1) is 28.4 Å². The minimum absolute atomic E-state index is 0.0100. The van der Waals surface area contributed by atoms with Gasteiger partial charge in [-0.25, -0.2) is 0 Å². The van der Waals surface area contributed by atoms with Gasteiger partial charge in [-0.3, -0.25) is 14.7 Å². The molecule has 8 nitrogen and oxygen atoms in total. The minimum Gasteiger partial charge on any atom is -0.465 e. The Hall–Kier alpha value is -4.12. The van der Waals surface area contributed by atoms with Gasteiger partial charge in [0.2, 0.25) is 0 Å². The van der Waals surface area contributed by atoms with Crippen molar-refractivity contribution in [3.8, 4) is 23.2 Å². The van der Waals surface area contributed by atoms with Crippen molar-refractivity contribution in [2.24, 2.45) is 0 Å². The Morgan fingerprint density at radius 3 is 2.70 bits per heavy atom. The lowest BCUT2D eigenvalue weighted by atomic mass is 10.0. The van der Waals surface area contributed by atoms with Crippen LogP contribution in [-0.2, 0) is 6.54 Å². The van der Waals surface area contributed by atoms with E-state index in [0.29, 0.717) is 35.9 Å². The molecule has 0 aliphatic heterocycles. The Kier molecular flexibility index (Phi) is 4.94. The van der Waals surface area contributed by atoms with Crippen LogP contribution < -0.4 is 4.74 Å². The van der Waals surface area contributed by atoms with Crippen LogP contribution in [0.2, 0.25) is 0 Å². The zero-order valence-electron chi connectivity index (χ0n) is 16.5. The summed E-state index contributed by atoms with van der Waals surface area (Å²) in [6.07, 6.45) is 1.81. The fraction of sp³-hybridized carbons (Fsp3) is 0.182. The average molecular weight is 401 g/mol. The SMILES string of the molecule is CCOc1nc2cccc([N+](=O)[O-])c2n1Cc1ccc(-c2c(C)c[nH]c2C#N)cc1. The number of aromatic nitrogens is 3. The number of para-hydroxylation sites is 1. The van der Waals surface area contributed by atoms with Crippen molar-refractivity contribution in [1.82, 2.24) is 14.5 Å². The van der Waals surface area contributed by atoms with Crippen LogP contribution in [0.5, 0.6) is 6.01 Å². The number of hydrogen-bond donors (Lipinski definition) is 1. The summed E-state index contributed by atoms with van der Waals surface area (Å²) in [6.45, 7) is 4.57. The van der Waals surface area contributed by atoms with Crippen molar-refractivity contribution in [2.75, 3.05) is 6.61 Å². The Bertz CT molecular complexity index is 1280. The monoisotopic (exact) mass is 401 g/mol. The molecule has 4 rings (SSSR count). The van der Waals surface area contributed by atoms with Crippen LogP contribution in [0.4, 0.5) is 5.69 Å². The molecule has 2 aromatic heterocycles. The number of rotatable bonds is 6. The van der Waals surface area contributed by atoms with Gasteiger partial charge in [-0.2, -0.15) is 10.2 Å². The fourth-order valence-electron chi connectivity index (χ4n) is 3.62. The van der Waals surface area contributed by atoms with Crippen LogP contribution in [0.25, 0.3) is 22.2 Å². The van der Waals surface area contributed by atoms with Gasteiger partial charge in [-0.05, 0) is 36.6 Å². The maximum absolute atomic E-state index is 11.5. The predicted molar refractivity (Wildman–Crippen MR) is 112 cm³/mol. The molecule has 0 aliphatic carbocycles. The Morgan fingerprint density at radius 2 is 2.03 bits per heavy atom. The van der Waals surface area contributed by atoms with Gasteiger partial charge in [0.25, 0.3) is 11.7 Å². The summed E-state index contributed by atoms with van der Waals surface area (Å²) < 4.78 is 7.38. The van der Waals surface area contributed by atoms with E-state index in [9.17, 15) is 15.4 Å². The van der Waals surface area contributed by atoms with Crippen molar-refractivity contribution < 1.29 is 9.66 Å². The number of nitriles is 1. The minimum atomic E-state index is -0.405. The second-order valence-corrected chi connectivity index (χ2v) is 6.85. The second kappa shape index (κ2) is 7.72. The van der Waals surface area contributed by atoms with Gasteiger partial charge in [0.15, 0.2) is 5.52 Å². The lowest BCUT2D eigenvalue weighted by Crippen LogP contribution is -2.06. The van der Waals surface area contributed by atoms with Gasteiger partial charge in [0.1, 0.15) is 11.8 Å². The Morgan fingerprint density at radius 1 is 1.27 bits per heavy atom. The van der Waals surface area contributed by atoms with Crippen LogP contribution >= 0.6 is 0 Å². The molecule has 0 bridgehead atoms. The standard InChI is InChI=1S/C22H19N5O3/c1-3-30-22-25-17-5-4-6-19(27(28)29)21(17)26(22)13-15-7-9-16(10-8-15)20-14(2)12-24-18(20)11-23/h4-10,12,24H,3,13H2,1-2H3. The first kappa shape index (κ1) is 19.2. The third-order valence-electron chi connectivity index (χ3n) is 4.95. The third kappa shape index (κ3) is 3.26. The second-order valence-electron chi connectivity index (χ2n) is 6.85. The number of benzene rings is 2. The average Bonchev–Trinajstić information content (AvgIpc) is 3.29. The number of non-ortho nitro benzene ring substituents is 1. The van der Waals surface area contributed by atoms with Gasteiger partial charge >= 0.3 is 0 Å². The van der Waals surface area contributed by atoms with Crippen molar-refractivity contribution in [3.05, 3.63) is 75.6 Å². The third-order valence-corrected chi connectivity index (χ3v) is 4.95. The molecule has 4 aromatic rings. The molecule has 0 atom stereocenters. The molecule has 0 unspecified atom stereocenters. The first-order valence-electron chi connectivity index (χ1n) is 9.47. The summed E-state index contributed by atoms with van der Waals surface area (Å²) in [6, 6.07) is 15.1. The molecule has 8 heteroatoms. The topological polar surface area (TPSA) is 110 Å². The number of hydrogen-bond acceptors (Lipinski definition) is 5. The summed E-state index contributed by atoms with van der Waals surface area (Å²) in [5.74, 6) is 0. The van der Waals surface area contributed by atoms with Crippen molar-refractivity contribution >= 4 is 16.7 Å². The molecule has 2 aromatic carbocycles. The van der Waals surface area contributed by atoms with Gasteiger partial charge in [0.05, 0.1) is 23.6 Å². The maximum Gasteiger partial charge on any atom is 0.297 e. The molecule has 1 N–H and O–H groups in total. The number of aryl methyl sites for hydroxylation is 1. The fourth-order valence-corrected chi connectivity index (χ4v) is 3.62. The Balaban J connectivity index is 1.76. The number of nitro groups is 1. The van der Waals surface area contributed by atoms with E-state index in [-0.39, 0.29) is 5.69 Å². The molecule has 0 spiro atoms. The van der Waals surface area contributed by atoms with Gasteiger partial charge < -0.3 is 9.72 Å². The highest BCUT2D eigenvalue weighted by atomic mass is 16.6.